The van der Waals surface area contributed by atoms with Crippen LogP contribution in [0.15, 0.2) is 16.9 Å². The fraction of sp³-hybridized carbons (Fsp3) is 0.731. The van der Waals surface area contributed by atoms with E-state index in [0.29, 0.717) is 37.5 Å². The molecule has 0 aromatic carbocycles. The molecule has 15 nitrogen and oxygen atoms in total. The number of carbonyl (C=O) groups is 4. The van der Waals surface area contributed by atoms with Crippen LogP contribution in [0.25, 0.3) is 0 Å². The molecule has 16 heteroatoms. The number of nitrogens with zero attached hydrogens (tertiary/aromatic N) is 7. The molecule has 4 aliphatic rings. The van der Waals surface area contributed by atoms with Gasteiger partial charge in [0.1, 0.15) is 18.6 Å². The van der Waals surface area contributed by atoms with E-state index in [4.69, 9.17) is 11.5 Å². The number of tetrazole rings is 1. The van der Waals surface area contributed by atoms with Crippen LogP contribution < -0.4 is 16.8 Å². The molecule has 1 unspecified atom stereocenters. The first-order valence-corrected chi connectivity index (χ1v) is 15.4. The van der Waals surface area contributed by atoms with E-state index in [1.54, 1.807) is 0 Å². The summed E-state index contributed by atoms with van der Waals surface area (Å²) in [5.74, 6) is -2.32. The summed E-state index contributed by atoms with van der Waals surface area (Å²) >= 11 is 1.46. The molecule has 3 saturated heterocycles. The van der Waals surface area contributed by atoms with Gasteiger partial charge in [-0.15, -0.1) is 16.9 Å². The van der Waals surface area contributed by atoms with Crippen LogP contribution in [0.2, 0.25) is 0 Å². The SMILES string of the molecule is C[C@@H](CC(=O)Cn1cnnn1)[C@H]1C(=O)N2C(C(=O)O)=C(SC3CN[C@H](C(=O)N4CCN(C[C@H](N)CN)CC4)C3)[C@H](C)[C@H]12. The number of thioether (sulfide) groups is 1. The number of Topliss-reactive ketones (excluding diaryl/α,β-unsaturated/α-hetero) is 1. The Hall–Kier alpha value is -2.92. The molecule has 5 rings (SSSR count). The van der Waals surface area contributed by atoms with Crippen LogP contribution in [-0.4, -0.2) is 133 Å². The number of carbonyl (C=O) groups excluding carboxylic acids is 3. The van der Waals surface area contributed by atoms with Gasteiger partial charge < -0.3 is 31.7 Å². The Kier molecular flexibility index (Phi) is 9.27. The van der Waals surface area contributed by atoms with Gasteiger partial charge >= 0.3 is 5.97 Å². The molecule has 6 N–H and O–H groups in total. The van der Waals surface area contributed by atoms with Crippen LogP contribution in [0.4, 0.5) is 0 Å². The lowest BCUT2D eigenvalue weighted by Gasteiger charge is -2.47. The van der Waals surface area contributed by atoms with Gasteiger partial charge in [-0.2, -0.15) is 0 Å². The highest BCUT2D eigenvalue weighted by Crippen LogP contribution is 2.53. The third kappa shape index (κ3) is 6.08. The molecule has 42 heavy (non-hydrogen) atoms. The molecule has 5 heterocycles. The number of carboxylic acid groups (broad SMARTS) is 1. The molecule has 0 bridgehead atoms. The van der Waals surface area contributed by atoms with E-state index in [9.17, 15) is 24.3 Å². The number of ketones is 1. The summed E-state index contributed by atoms with van der Waals surface area (Å²) < 4.78 is 1.34. The van der Waals surface area contributed by atoms with Gasteiger partial charge in [0.05, 0.1) is 18.0 Å². The summed E-state index contributed by atoms with van der Waals surface area (Å²) in [6.07, 6.45) is 2.11. The van der Waals surface area contributed by atoms with Crippen molar-refractivity contribution in [3.05, 3.63) is 16.9 Å². The molecule has 230 valence electrons. The molecule has 0 aliphatic carbocycles. The number of piperazine rings is 1. The summed E-state index contributed by atoms with van der Waals surface area (Å²) in [5.41, 5.74) is 11.6. The Morgan fingerprint density at radius 2 is 1.98 bits per heavy atom. The third-order valence-electron chi connectivity index (χ3n) is 8.85. The van der Waals surface area contributed by atoms with E-state index in [-0.39, 0.29) is 71.5 Å². The maximum Gasteiger partial charge on any atom is 0.353 e. The standard InChI is InChI=1S/C26H40N10O5S/c1-14(7-17(37)12-35-13-30-31-32-35)20-21-15(2)23(22(26(40)41)36(21)25(20)39)42-18-8-19(29-10-18)24(38)34-5-3-33(4-6-34)11-16(28)9-27/h13-16,18-21,29H,3-12,27-28H2,1-2H3,(H,40,41)/t14-,15+,16+,18?,19-,20+,21+/m0/s1. The number of aliphatic carboxylic acids is 1. The third-order valence-corrected chi connectivity index (χ3v) is 10.4. The molecular weight excluding hydrogens is 564 g/mol. The second kappa shape index (κ2) is 12.8. The number of aromatic nitrogens is 4. The van der Waals surface area contributed by atoms with E-state index >= 15 is 0 Å². The van der Waals surface area contributed by atoms with Gasteiger partial charge in [0, 0.05) is 74.3 Å². The van der Waals surface area contributed by atoms with E-state index in [1.165, 1.54) is 27.7 Å². The van der Waals surface area contributed by atoms with Crippen LogP contribution >= 0.6 is 11.8 Å². The van der Waals surface area contributed by atoms with Crippen molar-refractivity contribution >= 4 is 35.3 Å². The minimum Gasteiger partial charge on any atom is -0.477 e. The fourth-order valence-electron chi connectivity index (χ4n) is 6.69. The van der Waals surface area contributed by atoms with Gasteiger partial charge in [-0.3, -0.25) is 19.3 Å². The molecule has 0 saturated carbocycles. The van der Waals surface area contributed by atoms with Crippen molar-refractivity contribution in [2.24, 2.45) is 29.2 Å². The smallest absolute Gasteiger partial charge is 0.353 e. The monoisotopic (exact) mass is 604 g/mol. The van der Waals surface area contributed by atoms with Crippen molar-refractivity contribution in [2.45, 2.75) is 56.6 Å². The van der Waals surface area contributed by atoms with Gasteiger partial charge in [-0.1, -0.05) is 13.8 Å². The summed E-state index contributed by atoms with van der Waals surface area (Å²) in [4.78, 5) is 57.6. The first-order valence-electron chi connectivity index (χ1n) is 14.5. The normalized spacial score (nSPS) is 29.4. The topological polar surface area (TPSA) is 206 Å². The van der Waals surface area contributed by atoms with Gasteiger partial charge in [0.15, 0.2) is 5.78 Å². The number of carboxylic acids is 1. The van der Waals surface area contributed by atoms with Crippen molar-refractivity contribution < 1.29 is 24.3 Å². The Balaban J connectivity index is 1.17. The zero-order valence-electron chi connectivity index (χ0n) is 24.0. The van der Waals surface area contributed by atoms with Crippen molar-refractivity contribution in [1.29, 1.82) is 0 Å². The van der Waals surface area contributed by atoms with Gasteiger partial charge in [0.2, 0.25) is 11.8 Å². The van der Waals surface area contributed by atoms with Crippen molar-refractivity contribution in [3.63, 3.8) is 0 Å². The molecule has 1 aromatic heterocycles. The number of amides is 2. The van der Waals surface area contributed by atoms with Crippen LogP contribution in [0, 0.1) is 17.8 Å². The molecule has 3 fully saturated rings. The van der Waals surface area contributed by atoms with Crippen LogP contribution in [-0.2, 0) is 25.7 Å². The summed E-state index contributed by atoms with van der Waals surface area (Å²) in [7, 11) is 0. The highest BCUT2D eigenvalue weighted by Gasteiger charge is 2.60. The molecule has 4 aliphatic heterocycles. The van der Waals surface area contributed by atoms with Crippen molar-refractivity contribution in [3.8, 4) is 0 Å². The highest BCUT2D eigenvalue weighted by atomic mass is 32.2. The van der Waals surface area contributed by atoms with E-state index in [2.05, 4.69) is 25.7 Å². The Morgan fingerprint density at radius 1 is 1.24 bits per heavy atom. The number of hydrogen-bond donors (Lipinski definition) is 4. The lowest BCUT2D eigenvalue weighted by molar-refractivity contribution is -0.160. The van der Waals surface area contributed by atoms with Gasteiger partial charge in [-0.05, 0) is 22.8 Å². The summed E-state index contributed by atoms with van der Waals surface area (Å²) in [6, 6.07) is -0.712. The minimum atomic E-state index is -1.13. The molecule has 1 aromatic rings. The van der Waals surface area contributed by atoms with Gasteiger partial charge in [-0.25, -0.2) is 9.48 Å². The lowest BCUT2D eigenvalue weighted by atomic mass is 9.73. The van der Waals surface area contributed by atoms with Crippen molar-refractivity contribution in [2.75, 3.05) is 45.8 Å². The molecule has 2 amide bonds. The van der Waals surface area contributed by atoms with Crippen LogP contribution in [0.5, 0.6) is 0 Å². The van der Waals surface area contributed by atoms with E-state index < -0.39 is 11.9 Å². The van der Waals surface area contributed by atoms with Crippen LogP contribution in [0.3, 0.4) is 0 Å². The summed E-state index contributed by atoms with van der Waals surface area (Å²) in [6.45, 7) is 8.32. The number of hydrogen-bond acceptors (Lipinski definition) is 12. The van der Waals surface area contributed by atoms with Crippen LogP contribution in [0.1, 0.15) is 26.7 Å². The Labute approximate surface area is 248 Å². The fourth-order valence-corrected chi connectivity index (χ4v) is 8.17. The summed E-state index contributed by atoms with van der Waals surface area (Å²) in [5, 5.41) is 24.2. The predicted molar refractivity (Wildman–Crippen MR) is 152 cm³/mol. The second-order valence-electron chi connectivity index (χ2n) is 11.8. The van der Waals surface area contributed by atoms with Gasteiger partial charge in [0.25, 0.3) is 0 Å². The maximum absolute atomic E-state index is 13.3. The molecule has 0 radical (unpaired) electrons. The Morgan fingerprint density at radius 3 is 2.62 bits per heavy atom. The number of rotatable bonds is 12. The average molecular weight is 605 g/mol. The quantitative estimate of drug-likeness (QED) is 0.190. The highest BCUT2D eigenvalue weighted by molar-refractivity contribution is 8.03. The number of fused-ring (bicyclic) bond motifs is 1. The Bertz CT molecular complexity index is 1220. The first-order chi connectivity index (χ1) is 20.1. The zero-order chi connectivity index (χ0) is 30.1. The molecule has 7 atom stereocenters. The first kappa shape index (κ1) is 30.5. The largest absolute Gasteiger partial charge is 0.477 e. The minimum absolute atomic E-state index is 0.00265. The molecule has 0 spiro atoms. The second-order valence-corrected chi connectivity index (χ2v) is 13.2. The number of nitrogens with two attached hydrogens (primary N) is 2. The average Bonchev–Trinajstić information content (AvgIpc) is 3.69. The molecular formula is C26H40N10O5S. The predicted octanol–water partition coefficient (Wildman–Crippen LogP) is -2.06. The maximum atomic E-state index is 13.3. The van der Waals surface area contributed by atoms with Crippen molar-refractivity contribution in [1.82, 2.24) is 40.2 Å². The lowest BCUT2D eigenvalue weighted by Crippen LogP contribution is -2.62. The van der Waals surface area contributed by atoms with E-state index in [1.807, 2.05) is 18.7 Å². The number of nitrogens with one attached hydrogen (secondary N) is 1. The zero-order valence-corrected chi connectivity index (χ0v) is 24.8. The number of β-lactam (4-membered cyclic amide) rings is 1. The van der Waals surface area contributed by atoms with E-state index in [0.717, 1.165) is 19.6 Å².